The Hall–Kier alpha value is -1.65. The number of halogens is 1. The van der Waals surface area contributed by atoms with Crippen LogP contribution >= 0.6 is 23.8 Å². The minimum Gasteiger partial charge on any atom is -0.332 e. The number of anilines is 2. The summed E-state index contributed by atoms with van der Waals surface area (Å²) >= 11 is 11.3. The molecule has 3 nitrogen and oxygen atoms in total. The molecule has 2 rings (SSSR count). The standard InChI is InChI=1S/C14H14ClN3S/c1-9-6-7-16-13(8-9)18-14(19)17-12-5-3-4-11(15)10(12)2/h3-8H,1-2H3,(H2,16,17,18,19). The van der Waals surface area contributed by atoms with E-state index in [1.807, 2.05) is 44.2 Å². The molecule has 5 heteroatoms. The maximum absolute atomic E-state index is 6.06. The summed E-state index contributed by atoms with van der Waals surface area (Å²) < 4.78 is 0. The third-order valence-electron chi connectivity index (χ3n) is 2.67. The van der Waals surface area contributed by atoms with Crippen LogP contribution in [0.4, 0.5) is 11.5 Å². The number of benzene rings is 1. The maximum Gasteiger partial charge on any atom is 0.176 e. The van der Waals surface area contributed by atoms with E-state index in [4.69, 9.17) is 23.8 Å². The second kappa shape index (κ2) is 5.99. The molecule has 0 aliphatic heterocycles. The van der Waals surface area contributed by atoms with Gasteiger partial charge in [-0.05, 0) is 61.5 Å². The Balaban J connectivity index is 2.08. The lowest BCUT2D eigenvalue weighted by molar-refractivity contribution is 1.28. The fourth-order valence-corrected chi connectivity index (χ4v) is 2.01. The summed E-state index contributed by atoms with van der Waals surface area (Å²) in [5, 5.41) is 7.36. The van der Waals surface area contributed by atoms with Gasteiger partial charge in [-0.1, -0.05) is 17.7 Å². The molecular formula is C14H14ClN3S. The second-order valence-electron chi connectivity index (χ2n) is 4.21. The number of nitrogens with one attached hydrogen (secondary N) is 2. The molecule has 0 amide bonds. The highest BCUT2D eigenvalue weighted by molar-refractivity contribution is 7.80. The number of nitrogens with zero attached hydrogens (tertiary/aromatic N) is 1. The average Bonchev–Trinajstić information content (AvgIpc) is 2.35. The first kappa shape index (κ1) is 13.8. The molecule has 1 aromatic carbocycles. The van der Waals surface area contributed by atoms with Crippen molar-refractivity contribution >= 4 is 40.4 Å². The summed E-state index contributed by atoms with van der Waals surface area (Å²) in [4.78, 5) is 4.20. The number of rotatable bonds is 2. The van der Waals surface area contributed by atoms with Gasteiger partial charge in [0, 0.05) is 16.9 Å². The zero-order chi connectivity index (χ0) is 13.8. The van der Waals surface area contributed by atoms with Gasteiger partial charge >= 0.3 is 0 Å². The van der Waals surface area contributed by atoms with E-state index in [0.29, 0.717) is 10.1 Å². The predicted molar refractivity (Wildman–Crippen MR) is 85.0 cm³/mol. The van der Waals surface area contributed by atoms with E-state index in [1.54, 1.807) is 6.20 Å². The number of aromatic nitrogens is 1. The molecule has 0 aliphatic rings. The Bertz CT molecular complexity index is 613. The van der Waals surface area contributed by atoms with Crippen LogP contribution < -0.4 is 10.6 Å². The molecule has 0 radical (unpaired) electrons. The monoisotopic (exact) mass is 291 g/mol. The first-order valence-electron chi connectivity index (χ1n) is 5.82. The van der Waals surface area contributed by atoms with Gasteiger partial charge in [0.2, 0.25) is 0 Å². The van der Waals surface area contributed by atoms with Crippen molar-refractivity contribution in [1.29, 1.82) is 0 Å². The van der Waals surface area contributed by atoms with E-state index in [9.17, 15) is 0 Å². The fourth-order valence-electron chi connectivity index (χ4n) is 1.62. The predicted octanol–water partition coefficient (Wildman–Crippen LogP) is 4.16. The van der Waals surface area contributed by atoms with Crippen molar-refractivity contribution in [1.82, 2.24) is 4.98 Å². The number of pyridine rings is 1. The molecule has 0 saturated heterocycles. The van der Waals surface area contributed by atoms with Gasteiger partial charge in [0.05, 0.1) is 0 Å². The van der Waals surface area contributed by atoms with Crippen LogP contribution in [0.1, 0.15) is 11.1 Å². The lowest BCUT2D eigenvalue weighted by atomic mass is 10.2. The lowest BCUT2D eigenvalue weighted by Crippen LogP contribution is -2.20. The zero-order valence-electron chi connectivity index (χ0n) is 10.7. The Morgan fingerprint density at radius 1 is 1.21 bits per heavy atom. The van der Waals surface area contributed by atoms with E-state index < -0.39 is 0 Å². The molecule has 2 N–H and O–H groups in total. The minimum absolute atomic E-state index is 0.489. The first-order chi connectivity index (χ1) is 9.06. The molecule has 98 valence electrons. The van der Waals surface area contributed by atoms with E-state index in [1.165, 1.54) is 0 Å². The third-order valence-corrected chi connectivity index (χ3v) is 3.29. The van der Waals surface area contributed by atoms with Crippen LogP contribution in [0.5, 0.6) is 0 Å². The summed E-state index contributed by atoms with van der Waals surface area (Å²) in [5.74, 6) is 0.720. The van der Waals surface area contributed by atoms with Crippen molar-refractivity contribution in [3.05, 3.63) is 52.7 Å². The van der Waals surface area contributed by atoms with Crippen molar-refractivity contribution in [3.8, 4) is 0 Å². The number of hydrogen-bond donors (Lipinski definition) is 2. The van der Waals surface area contributed by atoms with Crippen molar-refractivity contribution in [3.63, 3.8) is 0 Å². The van der Waals surface area contributed by atoms with E-state index in [-0.39, 0.29) is 0 Å². The smallest absolute Gasteiger partial charge is 0.176 e. The summed E-state index contributed by atoms with van der Waals surface area (Å²) in [6.45, 7) is 3.95. The third kappa shape index (κ3) is 3.66. The molecule has 0 saturated carbocycles. The SMILES string of the molecule is Cc1ccnc(NC(=S)Nc2cccc(Cl)c2C)c1. The van der Waals surface area contributed by atoms with Crippen LogP contribution in [0.25, 0.3) is 0 Å². The van der Waals surface area contributed by atoms with Crippen LogP contribution in [-0.2, 0) is 0 Å². The Kier molecular flexibility index (Phi) is 4.35. The van der Waals surface area contributed by atoms with Gasteiger partial charge in [-0.3, -0.25) is 0 Å². The highest BCUT2D eigenvalue weighted by atomic mass is 35.5. The highest BCUT2D eigenvalue weighted by Gasteiger charge is 2.04. The molecule has 0 atom stereocenters. The number of aryl methyl sites for hydroxylation is 1. The van der Waals surface area contributed by atoms with Crippen molar-refractivity contribution in [2.24, 2.45) is 0 Å². The highest BCUT2D eigenvalue weighted by Crippen LogP contribution is 2.23. The quantitative estimate of drug-likeness (QED) is 0.815. The van der Waals surface area contributed by atoms with Gasteiger partial charge in [0.25, 0.3) is 0 Å². The van der Waals surface area contributed by atoms with Gasteiger partial charge in [-0.25, -0.2) is 4.98 Å². The summed E-state index contributed by atoms with van der Waals surface area (Å²) in [7, 11) is 0. The normalized spacial score (nSPS) is 10.1. The van der Waals surface area contributed by atoms with Crippen molar-refractivity contribution in [2.45, 2.75) is 13.8 Å². The van der Waals surface area contributed by atoms with Crippen LogP contribution in [-0.4, -0.2) is 10.1 Å². The Morgan fingerprint density at radius 3 is 2.74 bits per heavy atom. The summed E-state index contributed by atoms with van der Waals surface area (Å²) in [6.07, 6.45) is 1.74. The molecule has 0 unspecified atom stereocenters. The maximum atomic E-state index is 6.06. The molecule has 0 bridgehead atoms. The van der Waals surface area contributed by atoms with Gasteiger partial charge in [0.15, 0.2) is 5.11 Å². The van der Waals surface area contributed by atoms with Crippen molar-refractivity contribution in [2.75, 3.05) is 10.6 Å². The molecule has 0 aliphatic carbocycles. The van der Waals surface area contributed by atoms with Crippen LogP contribution in [0.15, 0.2) is 36.5 Å². The van der Waals surface area contributed by atoms with E-state index >= 15 is 0 Å². The van der Waals surface area contributed by atoms with E-state index in [2.05, 4.69) is 15.6 Å². The van der Waals surface area contributed by atoms with Gasteiger partial charge < -0.3 is 10.6 Å². The van der Waals surface area contributed by atoms with Gasteiger partial charge in [-0.2, -0.15) is 0 Å². The molecule has 1 aromatic heterocycles. The molecule has 0 spiro atoms. The summed E-state index contributed by atoms with van der Waals surface area (Å²) in [5.41, 5.74) is 2.97. The van der Waals surface area contributed by atoms with Crippen molar-refractivity contribution < 1.29 is 0 Å². The molecular weight excluding hydrogens is 278 g/mol. The van der Waals surface area contributed by atoms with Crippen LogP contribution in [0.3, 0.4) is 0 Å². The largest absolute Gasteiger partial charge is 0.332 e. The van der Waals surface area contributed by atoms with E-state index in [0.717, 1.165) is 22.6 Å². The zero-order valence-corrected chi connectivity index (χ0v) is 12.3. The summed E-state index contributed by atoms with van der Waals surface area (Å²) in [6, 6.07) is 9.52. The second-order valence-corrected chi connectivity index (χ2v) is 5.03. The number of hydrogen-bond acceptors (Lipinski definition) is 2. The Labute approximate surface area is 123 Å². The van der Waals surface area contributed by atoms with Gasteiger partial charge in [0.1, 0.15) is 5.82 Å². The van der Waals surface area contributed by atoms with Crippen LogP contribution in [0, 0.1) is 13.8 Å². The van der Waals surface area contributed by atoms with Gasteiger partial charge in [-0.15, -0.1) is 0 Å². The molecule has 19 heavy (non-hydrogen) atoms. The fraction of sp³-hybridized carbons (Fsp3) is 0.143. The van der Waals surface area contributed by atoms with Crippen LogP contribution in [0.2, 0.25) is 5.02 Å². The first-order valence-corrected chi connectivity index (χ1v) is 6.60. The Morgan fingerprint density at radius 2 is 2.00 bits per heavy atom. The topological polar surface area (TPSA) is 37.0 Å². The molecule has 2 aromatic rings. The minimum atomic E-state index is 0.489. The number of thiocarbonyl (C=S) groups is 1. The molecule has 0 fully saturated rings. The lowest BCUT2D eigenvalue weighted by Gasteiger charge is -2.12. The average molecular weight is 292 g/mol. The molecule has 1 heterocycles.